The Labute approximate surface area is 230 Å². The zero-order chi connectivity index (χ0) is 26.9. The summed E-state index contributed by atoms with van der Waals surface area (Å²) >= 11 is 0. The molecule has 192 valence electrons. The van der Waals surface area contributed by atoms with E-state index in [-0.39, 0.29) is 0 Å². The lowest BCUT2D eigenvalue weighted by Gasteiger charge is -2.20. The molecule has 3 aromatic carbocycles. The van der Waals surface area contributed by atoms with Crippen LogP contribution in [0.15, 0.2) is 109 Å². The Kier molecular flexibility index (Phi) is 6.54. The van der Waals surface area contributed by atoms with Gasteiger partial charge in [-0.3, -0.25) is 9.55 Å². The van der Waals surface area contributed by atoms with E-state index in [1.165, 1.54) is 16.7 Å². The van der Waals surface area contributed by atoms with Crippen LogP contribution in [0.3, 0.4) is 0 Å². The van der Waals surface area contributed by atoms with Gasteiger partial charge in [-0.15, -0.1) is 0 Å². The standard InChI is InChI=1S/C35H32N4/c1-23(2)28-16-11-17-29(24(3)4)33(28)35-38-32-20-19-31(25-12-6-5-7-13-25)37-34(32)39(35)27-15-10-14-26(22-27)30-18-8-9-21-36-30/h5-24H,1-4H3. The lowest BCUT2D eigenvalue weighted by Crippen LogP contribution is -2.06. The fraction of sp³-hybridized carbons (Fsp3) is 0.171. The highest BCUT2D eigenvalue weighted by atomic mass is 15.1. The smallest absolute Gasteiger partial charge is 0.165 e. The van der Waals surface area contributed by atoms with E-state index in [0.717, 1.165) is 45.2 Å². The largest absolute Gasteiger partial charge is 0.277 e. The van der Waals surface area contributed by atoms with Gasteiger partial charge in [0.05, 0.1) is 11.4 Å². The molecule has 6 rings (SSSR count). The van der Waals surface area contributed by atoms with E-state index >= 15 is 0 Å². The first-order valence-electron chi connectivity index (χ1n) is 13.6. The highest BCUT2D eigenvalue weighted by Crippen LogP contribution is 2.39. The number of rotatable bonds is 6. The van der Waals surface area contributed by atoms with Crippen LogP contribution in [-0.2, 0) is 0 Å². The molecule has 0 atom stereocenters. The predicted molar refractivity (Wildman–Crippen MR) is 161 cm³/mol. The van der Waals surface area contributed by atoms with Gasteiger partial charge in [0.15, 0.2) is 5.65 Å². The molecule has 4 nitrogen and oxygen atoms in total. The van der Waals surface area contributed by atoms with Crippen molar-refractivity contribution in [1.29, 1.82) is 0 Å². The fourth-order valence-corrected chi connectivity index (χ4v) is 5.29. The van der Waals surface area contributed by atoms with Crippen molar-refractivity contribution < 1.29 is 0 Å². The molecule has 6 aromatic rings. The predicted octanol–water partition coefficient (Wildman–Crippen LogP) is 9.06. The maximum absolute atomic E-state index is 5.27. The van der Waals surface area contributed by atoms with Gasteiger partial charge in [-0.2, -0.15) is 0 Å². The van der Waals surface area contributed by atoms with Crippen molar-refractivity contribution in [2.75, 3.05) is 0 Å². The molecule has 0 unspecified atom stereocenters. The molecular formula is C35H32N4. The van der Waals surface area contributed by atoms with Crippen LogP contribution >= 0.6 is 0 Å². The second kappa shape index (κ2) is 10.3. The van der Waals surface area contributed by atoms with Crippen molar-refractivity contribution in [1.82, 2.24) is 19.5 Å². The minimum absolute atomic E-state index is 0.347. The number of aromatic nitrogens is 4. The van der Waals surface area contributed by atoms with E-state index in [9.17, 15) is 0 Å². The lowest BCUT2D eigenvalue weighted by atomic mass is 9.88. The van der Waals surface area contributed by atoms with Crippen molar-refractivity contribution in [3.8, 4) is 39.6 Å². The van der Waals surface area contributed by atoms with Crippen LogP contribution in [0.5, 0.6) is 0 Å². The Balaban J connectivity index is 1.68. The van der Waals surface area contributed by atoms with E-state index < -0.39 is 0 Å². The molecule has 0 aliphatic rings. The summed E-state index contributed by atoms with van der Waals surface area (Å²) in [7, 11) is 0. The molecule has 4 heteroatoms. The molecule has 39 heavy (non-hydrogen) atoms. The second-order valence-electron chi connectivity index (χ2n) is 10.6. The van der Waals surface area contributed by atoms with Gasteiger partial charge in [0, 0.05) is 28.6 Å². The van der Waals surface area contributed by atoms with Crippen molar-refractivity contribution in [2.24, 2.45) is 0 Å². The first kappa shape index (κ1) is 24.7. The third-order valence-corrected chi connectivity index (χ3v) is 7.24. The molecule has 0 saturated carbocycles. The molecule has 0 spiro atoms. The Morgan fingerprint density at radius 2 is 1.28 bits per heavy atom. The van der Waals surface area contributed by atoms with E-state index in [0.29, 0.717) is 11.8 Å². The minimum Gasteiger partial charge on any atom is -0.277 e. The van der Waals surface area contributed by atoms with Crippen molar-refractivity contribution >= 4 is 11.2 Å². The number of hydrogen-bond acceptors (Lipinski definition) is 3. The molecular weight excluding hydrogens is 476 g/mol. The van der Waals surface area contributed by atoms with Gasteiger partial charge in [-0.25, -0.2) is 9.97 Å². The SMILES string of the molecule is CC(C)c1cccc(C(C)C)c1-c1nc2ccc(-c3ccccc3)nc2n1-c1cccc(-c2ccccn2)c1. The van der Waals surface area contributed by atoms with E-state index in [4.69, 9.17) is 9.97 Å². The van der Waals surface area contributed by atoms with Gasteiger partial charge >= 0.3 is 0 Å². The zero-order valence-corrected chi connectivity index (χ0v) is 22.8. The van der Waals surface area contributed by atoms with Gasteiger partial charge in [0.2, 0.25) is 0 Å². The Morgan fingerprint density at radius 1 is 0.590 bits per heavy atom. The molecule has 0 saturated heterocycles. The monoisotopic (exact) mass is 508 g/mol. The quantitative estimate of drug-likeness (QED) is 0.225. The molecule has 3 aromatic heterocycles. The van der Waals surface area contributed by atoms with Crippen molar-refractivity contribution in [3.05, 3.63) is 120 Å². The Hall–Kier alpha value is -4.57. The van der Waals surface area contributed by atoms with Crippen LogP contribution in [0, 0.1) is 0 Å². The molecule has 0 radical (unpaired) electrons. The summed E-state index contributed by atoms with van der Waals surface area (Å²) in [6.45, 7) is 9.01. The van der Waals surface area contributed by atoms with E-state index in [1.807, 2.05) is 42.6 Å². The first-order valence-corrected chi connectivity index (χ1v) is 13.6. The summed E-state index contributed by atoms with van der Waals surface area (Å²) in [6, 6.07) is 35.7. The number of nitrogens with zero attached hydrogens (tertiary/aromatic N) is 4. The van der Waals surface area contributed by atoms with Gasteiger partial charge < -0.3 is 0 Å². The second-order valence-corrected chi connectivity index (χ2v) is 10.6. The van der Waals surface area contributed by atoms with Crippen LogP contribution in [0.4, 0.5) is 0 Å². The normalized spacial score (nSPS) is 11.5. The fourth-order valence-electron chi connectivity index (χ4n) is 5.29. The number of benzene rings is 3. The number of hydrogen-bond donors (Lipinski definition) is 0. The van der Waals surface area contributed by atoms with Gasteiger partial charge in [0.1, 0.15) is 11.3 Å². The Morgan fingerprint density at radius 3 is 1.97 bits per heavy atom. The first-order chi connectivity index (χ1) is 19.0. The van der Waals surface area contributed by atoms with E-state index in [2.05, 4.69) is 104 Å². The number of imidazole rings is 1. The minimum atomic E-state index is 0.347. The zero-order valence-electron chi connectivity index (χ0n) is 22.8. The van der Waals surface area contributed by atoms with Gasteiger partial charge in [-0.1, -0.05) is 94.4 Å². The Bertz CT molecular complexity index is 1720. The maximum atomic E-state index is 5.27. The van der Waals surface area contributed by atoms with Gasteiger partial charge in [-0.05, 0) is 59.4 Å². The van der Waals surface area contributed by atoms with Crippen LogP contribution in [0.25, 0.3) is 50.8 Å². The average Bonchev–Trinajstić information content (AvgIpc) is 3.36. The summed E-state index contributed by atoms with van der Waals surface area (Å²) in [4.78, 5) is 15.1. The maximum Gasteiger partial charge on any atom is 0.165 e. The molecule has 3 heterocycles. The molecule has 0 amide bonds. The summed E-state index contributed by atoms with van der Waals surface area (Å²) in [5.74, 6) is 1.62. The molecule has 0 fully saturated rings. The molecule has 0 aliphatic carbocycles. The molecule has 0 N–H and O–H groups in total. The summed E-state index contributed by atoms with van der Waals surface area (Å²) < 4.78 is 2.24. The molecule has 0 aliphatic heterocycles. The van der Waals surface area contributed by atoms with E-state index in [1.54, 1.807) is 0 Å². The van der Waals surface area contributed by atoms with Crippen molar-refractivity contribution in [2.45, 2.75) is 39.5 Å². The summed E-state index contributed by atoms with van der Waals surface area (Å²) in [5.41, 5.74) is 10.5. The average molecular weight is 509 g/mol. The third kappa shape index (κ3) is 4.63. The lowest BCUT2D eigenvalue weighted by molar-refractivity contribution is 0.832. The molecule has 0 bridgehead atoms. The third-order valence-electron chi connectivity index (χ3n) is 7.24. The van der Waals surface area contributed by atoms with Crippen molar-refractivity contribution in [3.63, 3.8) is 0 Å². The highest BCUT2D eigenvalue weighted by Gasteiger charge is 2.23. The van der Waals surface area contributed by atoms with Crippen LogP contribution in [0.2, 0.25) is 0 Å². The summed E-state index contributed by atoms with van der Waals surface area (Å²) in [5, 5.41) is 0. The number of fused-ring (bicyclic) bond motifs is 1. The van der Waals surface area contributed by atoms with Gasteiger partial charge in [0.25, 0.3) is 0 Å². The van der Waals surface area contributed by atoms with Crippen LogP contribution in [-0.4, -0.2) is 19.5 Å². The topological polar surface area (TPSA) is 43.6 Å². The van der Waals surface area contributed by atoms with Crippen LogP contribution < -0.4 is 0 Å². The number of pyridine rings is 2. The summed E-state index contributed by atoms with van der Waals surface area (Å²) in [6.07, 6.45) is 1.83. The highest BCUT2D eigenvalue weighted by molar-refractivity contribution is 5.84. The van der Waals surface area contributed by atoms with Crippen LogP contribution in [0.1, 0.15) is 50.7 Å².